The van der Waals surface area contributed by atoms with E-state index in [0.29, 0.717) is 30.3 Å². The first kappa shape index (κ1) is 17.9. The van der Waals surface area contributed by atoms with Gasteiger partial charge < -0.3 is 15.4 Å². The highest BCUT2D eigenvalue weighted by molar-refractivity contribution is 5.88. The zero-order chi connectivity index (χ0) is 17.2. The molecule has 1 aromatic rings. The Bertz CT molecular complexity index is 625. The minimum Gasteiger partial charge on any atom is -0.481 e. The third-order valence-electron chi connectivity index (χ3n) is 3.91. The topological polar surface area (TPSA) is 67.4 Å². The fraction of sp³-hybridized carbons (Fsp3) is 0.474. The van der Waals surface area contributed by atoms with Crippen LogP contribution in [0.5, 0.6) is 5.75 Å². The van der Waals surface area contributed by atoms with Gasteiger partial charge in [-0.1, -0.05) is 30.7 Å². The molecule has 0 aromatic heterocycles. The Hall–Kier alpha value is -2.48. The van der Waals surface area contributed by atoms with E-state index in [0.717, 1.165) is 0 Å². The van der Waals surface area contributed by atoms with E-state index in [2.05, 4.69) is 22.5 Å². The fourth-order valence-corrected chi connectivity index (χ4v) is 2.79. The molecule has 2 rings (SSSR count). The zero-order valence-corrected chi connectivity index (χ0v) is 14.1. The van der Waals surface area contributed by atoms with Crippen molar-refractivity contribution in [3.05, 3.63) is 24.3 Å². The molecule has 0 unspecified atom stereocenters. The largest absolute Gasteiger partial charge is 0.481 e. The molecule has 0 atom stereocenters. The van der Waals surface area contributed by atoms with Crippen molar-refractivity contribution in [2.75, 3.05) is 18.5 Å². The van der Waals surface area contributed by atoms with Crippen LogP contribution in [0.25, 0.3) is 0 Å². The quantitative estimate of drug-likeness (QED) is 0.789. The average Bonchev–Trinajstić information content (AvgIpc) is 3.03. The normalized spacial score (nSPS) is 13.7. The van der Waals surface area contributed by atoms with Crippen LogP contribution in [-0.2, 0) is 9.59 Å². The number of nitrogens with one attached hydrogen (secondary N) is 2. The molecule has 1 fully saturated rings. The van der Waals surface area contributed by atoms with Crippen molar-refractivity contribution in [3.8, 4) is 17.6 Å². The van der Waals surface area contributed by atoms with Crippen molar-refractivity contribution in [2.45, 2.75) is 39.0 Å². The number of carbonyl (C=O) groups is 2. The highest BCUT2D eigenvalue weighted by Crippen LogP contribution is 2.27. The molecule has 5 heteroatoms. The molecule has 0 radical (unpaired) electrons. The van der Waals surface area contributed by atoms with Crippen LogP contribution in [0.2, 0.25) is 0 Å². The summed E-state index contributed by atoms with van der Waals surface area (Å²) in [6.45, 7) is 2.04. The van der Waals surface area contributed by atoms with E-state index >= 15 is 0 Å². The van der Waals surface area contributed by atoms with Crippen molar-refractivity contribution >= 4 is 17.5 Å². The lowest BCUT2D eigenvalue weighted by Gasteiger charge is -2.07. The molecule has 2 amide bonds. The molecule has 24 heavy (non-hydrogen) atoms. The van der Waals surface area contributed by atoms with Gasteiger partial charge in [0.15, 0.2) is 0 Å². The van der Waals surface area contributed by atoms with E-state index in [1.807, 2.05) is 0 Å². The Kier molecular flexibility index (Phi) is 7.16. The molecule has 1 aromatic carbocycles. The van der Waals surface area contributed by atoms with Gasteiger partial charge in [-0.2, -0.15) is 0 Å². The Labute approximate surface area is 143 Å². The highest BCUT2D eigenvalue weighted by Gasteiger charge is 2.17. The molecule has 128 valence electrons. The second kappa shape index (κ2) is 9.61. The number of ether oxygens (including phenoxy) is 1. The molecule has 1 aliphatic rings. The van der Waals surface area contributed by atoms with Gasteiger partial charge in [0.2, 0.25) is 11.8 Å². The molecule has 5 nitrogen and oxygen atoms in total. The van der Waals surface area contributed by atoms with Crippen LogP contribution in [0.3, 0.4) is 0 Å². The molecule has 1 aliphatic carbocycles. The van der Waals surface area contributed by atoms with Crippen molar-refractivity contribution in [1.29, 1.82) is 0 Å². The molecule has 2 N–H and O–H groups in total. The van der Waals surface area contributed by atoms with E-state index in [9.17, 15) is 9.59 Å². The van der Waals surface area contributed by atoms with Crippen LogP contribution in [0.1, 0.15) is 39.0 Å². The van der Waals surface area contributed by atoms with Gasteiger partial charge >= 0.3 is 0 Å². The first-order valence-electron chi connectivity index (χ1n) is 8.36. The van der Waals surface area contributed by atoms with Gasteiger partial charge in [-0.05, 0) is 30.9 Å². The van der Waals surface area contributed by atoms with Crippen molar-refractivity contribution < 1.29 is 14.3 Å². The Morgan fingerprint density at radius 3 is 2.79 bits per heavy atom. The Morgan fingerprint density at radius 1 is 1.25 bits per heavy atom. The summed E-state index contributed by atoms with van der Waals surface area (Å²) in [4.78, 5) is 22.7. The number of anilines is 1. The third-order valence-corrected chi connectivity index (χ3v) is 3.91. The van der Waals surface area contributed by atoms with Crippen LogP contribution in [0.4, 0.5) is 5.69 Å². The summed E-state index contributed by atoms with van der Waals surface area (Å²) >= 11 is 0. The summed E-state index contributed by atoms with van der Waals surface area (Å²) < 4.78 is 5.51. The lowest BCUT2D eigenvalue weighted by atomic mass is 10.0. The lowest BCUT2D eigenvalue weighted by Crippen LogP contribution is -2.25. The highest BCUT2D eigenvalue weighted by atomic mass is 16.5. The van der Waals surface area contributed by atoms with E-state index < -0.39 is 0 Å². The van der Waals surface area contributed by atoms with Gasteiger partial charge in [0.25, 0.3) is 0 Å². The smallest absolute Gasteiger partial charge is 0.221 e. The molecule has 0 spiro atoms. The SMILES string of the molecule is CC(=O)Nc1cccc(OCC#CCNC(=O)CC2CCCC2)c1. The van der Waals surface area contributed by atoms with Crippen LogP contribution in [0, 0.1) is 17.8 Å². The predicted molar refractivity (Wildman–Crippen MR) is 93.6 cm³/mol. The van der Waals surface area contributed by atoms with Crippen molar-refractivity contribution in [2.24, 2.45) is 5.92 Å². The maximum atomic E-state index is 11.7. The van der Waals surface area contributed by atoms with E-state index in [1.54, 1.807) is 24.3 Å². The Morgan fingerprint density at radius 2 is 2.04 bits per heavy atom. The van der Waals surface area contributed by atoms with Crippen LogP contribution < -0.4 is 15.4 Å². The predicted octanol–water partition coefficient (Wildman–Crippen LogP) is 2.72. The van der Waals surface area contributed by atoms with Crippen molar-refractivity contribution in [1.82, 2.24) is 5.32 Å². The van der Waals surface area contributed by atoms with Crippen molar-refractivity contribution in [3.63, 3.8) is 0 Å². The van der Waals surface area contributed by atoms with Gasteiger partial charge in [0.05, 0.1) is 6.54 Å². The van der Waals surface area contributed by atoms with Gasteiger partial charge in [-0.15, -0.1) is 0 Å². The van der Waals surface area contributed by atoms with Crippen LogP contribution in [-0.4, -0.2) is 25.0 Å². The maximum absolute atomic E-state index is 11.7. The Balaban J connectivity index is 1.64. The zero-order valence-electron chi connectivity index (χ0n) is 14.1. The second-order valence-corrected chi connectivity index (χ2v) is 5.98. The summed E-state index contributed by atoms with van der Waals surface area (Å²) in [7, 11) is 0. The molecule has 0 saturated heterocycles. The lowest BCUT2D eigenvalue weighted by molar-refractivity contribution is -0.121. The molecular weight excluding hydrogens is 304 g/mol. The minimum absolute atomic E-state index is 0.0835. The number of carbonyl (C=O) groups excluding carboxylic acids is 2. The second-order valence-electron chi connectivity index (χ2n) is 5.98. The minimum atomic E-state index is -0.125. The first-order valence-corrected chi connectivity index (χ1v) is 8.36. The summed E-state index contributed by atoms with van der Waals surface area (Å²) in [5.74, 6) is 6.90. The number of amides is 2. The summed E-state index contributed by atoms with van der Waals surface area (Å²) in [5.41, 5.74) is 0.687. The monoisotopic (exact) mass is 328 g/mol. The number of hydrogen-bond donors (Lipinski definition) is 2. The molecule has 0 bridgehead atoms. The first-order chi connectivity index (χ1) is 11.6. The third kappa shape index (κ3) is 6.74. The fourth-order valence-electron chi connectivity index (χ4n) is 2.79. The van der Waals surface area contributed by atoms with E-state index in [1.165, 1.54) is 32.6 Å². The van der Waals surface area contributed by atoms with Gasteiger partial charge in [-0.3, -0.25) is 9.59 Å². The van der Waals surface area contributed by atoms with E-state index in [4.69, 9.17) is 4.74 Å². The molecule has 0 aliphatic heterocycles. The van der Waals surface area contributed by atoms with Gasteiger partial charge in [0, 0.05) is 25.1 Å². The summed E-state index contributed by atoms with van der Waals surface area (Å²) in [5, 5.41) is 5.52. The standard InChI is InChI=1S/C19H24N2O3/c1-15(22)21-17-9-6-10-18(14-17)24-12-5-4-11-20-19(23)13-16-7-2-3-8-16/h6,9-10,14,16H,2-3,7-8,11-13H2,1H3,(H,20,23)(H,21,22). The van der Waals surface area contributed by atoms with Crippen LogP contribution in [0.15, 0.2) is 24.3 Å². The van der Waals surface area contributed by atoms with E-state index in [-0.39, 0.29) is 18.4 Å². The number of rotatable bonds is 6. The number of hydrogen-bond acceptors (Lipinski definition) is 3. The molecular formula is C19H24N2O3. The average molecular weight is 328 g/mol. The van der Waals surface area contributed by atoms with Gasteiger partial charge in [0.1, 0.15) is 12.4 Å². The number of benzene rings is 1. The molecule has 0 heterocycles. The van der Waals surface area contributed by atoms with Gasteiger partial charge in [-0.25, -0.2) is 0 Å². The summed E-state index contributed by atoms with van der Waals surface area (Å²) in [6.07, 6.45) is 5.46. The maximum Gasteiger partial charge on any atom is 0.221 e. The van der Waals surface area contributed by atoms with Crippen LogP contribution >= 0.6 is 0 Å². The summed E-state index contributed by atoms with van der Waals surface area (Å²) in [6, 6.07) is 7.14. The molecule has 1 saturated carbocycles.